The zero-order chi connectivity index (χ0) is 15.9. The second-order valence-electron chi connectivity index (χ2n) is 4.62. The summed E-state index contributed by atoms with van der Waals surface area (Å²) in [6.45, 7) is 1.50. The summed E-state index contributed by atoms with van der Waals surface area (Å²) < 4.78 is 0. The topological polar surface area (TPSA) is 58.2 Å². The Morgan fingerprint density at radius 2 is 1.82 bits per heavy atom. The van der Waals surface area contributed by atoms with Crippen LogP contribution in [0.15, 0.2) is 54.7 Å². The number of hydrogen-bond acceptors (Lipinski definition) is 2. The van der Waals surface area contributed by atoms with Crippen LogP contribution in [0.5, 0.6) is 0 Å². The van der Waals surface area contributed by atoms with E-state index >= 15 is 0 Å². The number of benzene rings is 2. The fourth-order valence-electron chi connectivity index (χ4n) is 1.78. The van der Waals surface area contributed by atoms with E-state index in [0.29, 0.717) is 16.3 Å². The molecule has 0 heterocycles. The molecule has 2 rings (SSSR count). The van der Waals surface area contributed by atoms with E-state index in [0.717, 1.165) is 5.56 Å². The SMILES string of the molecule is CC(=O)c1ccc(NC(=O)N/C=C/c2cccc(Cl)c2)cc1. The molecular weight excluding hydrogens is 300 g/mol. The molecular formula is C17H15ClN2O2. The quantitative estimate of drug-likeness (QED) is 0.825. The zero-order valence-corrected chi connectivity index (χ0v) is 12.7. The summed E-state index contributed by atoms with van der Waals surface area (Å²) in [4.78, 5) is 22.9. The highest BCUT2D eigenvalue weighted by molar-refractivity contribution is 6.30. The Morgan fingerprint density at radius 3 is 2.45 bits per heavy atom. The average Bonchev–Trinajstić information content (AvgIpc) is 2.48. The first-order valence-electron chi connectivity index (χ1n) is 6.65. The molecule has 0 aliphatic carbocycles. The summed E-state index contributed by atoms with van der Waals surface area (Å²) in [6, 6.07) is 13.6. The fourth-order valence-corrected chi connectivity index (χ4v) is 1.98. The van der Waals surface area contributed by atoms with Crippen molar-refractivity contribution in [2.24, 2.45) is 0 Å². The van der Waals surface area contributed by atoms with Gasteiger partial charge in [-0.05, 0) is 55.0 Å². The van der Waals surface area contributed by atoms with E-state index in [1.54, 1.807) is 42.5 Å². The van der Waals surface area contributed by atoms with Gasteiger partial charge in [0, 0.05) is 22.5 Å². The van der Waals surface area contributed by atoms with Gasteiger partial charge in [0.25, 0.3) is 0 Å². The van der Waals surface area contributed by atoms with E-state index in [1.807, 2.05) is 12.1 Å². The Labute approximate surface area is 133 Å². The molecule has 5 heteroatoms. The molecule has 2 aromatic carbocycles. The van der Waals surface area contributed by atoms with Crippen molar-refractivity contribution in [3.63, 3.8) is 0 Å². The molecule has 0 saturated carbocycles. The Bertz CT molecular complexity index is 709. The van der Waals surface area contributed by atoms with Gasteiger partial charge in [-0.15, -0.1) is 0 Å². The molecule has 0 aliphatic rings. The maximum Gasteiger partial charge on any atom is 0.323 e. The third-order valence-electron chi connectivity index (χ3n) is 2.89. The Balaban J connectivity index is 1.89. The van der Waals surface area contributed by atoms with Crippen LogP contribution in [0.4, 0.5) is 10.5 Å². The van der Waals surface area contributed by atoms with Gasteiger partial charge in [0.05, 0.1) is 0 Å². The molecule has 0 spiro atoms. The van der Waals surface area contributed by atoms with E-state index < -0.39 is 0 Å². The number of ketones is 1. The number of amides is 2. The zero-order valence-electron chi connectivity index (χ0n) is 12.0. The Morgan fingerprint density at radius 1 is 1.09 bits per heavy atom. The van der Waals surface area contributed by atoms with E-state index in [-0.39, 0.29) is 11.8 Å². The molecule has 0 aromatic heterocycles. The van der Waals surface area contributed by atoms with Crippen LogP contribution < -0.4 is 10.6 Å². The summed E-state index contributed by atoms with van der Waals surface area (Å²) >= 11 is 5.87. The number of urea groups is 1. The number of anilines is 1. The van der Waals surface area contributed by atoms with E-state index in [4.69, 9.17) is 11.6 Å². The number of rotatable bonds is 4. The first-order chi connectivity index (χ1) is 10.5. The van der Waals surface area contributed by atoms with Gasteiger partial charge < -0.3 is 10.6 Å². The van der Waals surface area contributed by atoms with Crippen LogP contribution >= 0.6 is 11.6 Å². The van der Waals surface area contributed by atoms with Crippen LogP contribution in [-0.4, -0.2) is 11.8 Å². The van der Waals surface area contributed by atoms with Crippen LogP contribution in [0.25, 0.3) is 6.08 Å². The fraction of sp³-hybridized carbons (Fsp3) is 0.0588. The van der Waals surface area contributed by atoms with Crippen molar-refractivity contribution in [1.29, 1.82) is 0 Å². The Hall–Kier alpha value is -2.59. The smallest absolute Gasteiger partial charge is 0.314 e. The molecule has 0 saturated heterocycles. The molecule has 2 aromatic rings. The van der Waals surface area contributed by atoms with Gasteiger partial charge in [0.1, 0.15) is 0 Å². The third kappa shape index (κ3) is 4.75. The molecule has 0 aliphatic heterocycles. The van der Waals surface area contributed by atoms with Gasteiger partial charge >= 0.3 is 6.03 Å². The summed E-state index contributed by atoms with van der Waals surface area (Å²) in [5.41, 5.74) is 2.10. The summed E-state index contributed by atoms with van der Waals surface area (Å²) in [5.74, 6) is -0.0135. The summed E-state index contributed by atoms with van der Waals surface area (Å²) in [7, 11) is 0. The lowest BCUT2D eigenvalue weighted by Gasteiger charge is -2.05. The highest BCUT2D eigenvalue weighted by Crippen LogP contribution is 2.12. The van der Waals surface area contributed by atoms with Crippen molar-refractivity contribution in [2.45, 2.75) is 6.92 Å². The van der Waals surface area contributed by atoms with Crippen molar-refractivity contribution in [2.75, 3.05) is 5.32 Å². The maximum atomic E-state index is 11.7. The predicted molar refractivity (Wildman–Crippen MR) is 89.1 cm³/mol. The molecule has 0 unspecified atom stereocenters. The summed E-state index contributed by atoms with van der Waals surface area (Å²) in [5, 5.41) is 5.90. The highest BCUT2D eigenvalue weighted by Gasteiger charge is 2.01. The van der Waals surface area contributed by atoms with Gasteiger partial charge in [-0.25, -0.2) is 4.79 Å². The molecule has 112 valence electrons. The van der Waals surface area contributed by atoms with Gasteiger partial charge in [0.15, 0.2) is 5.78 Å². The maximum absolute atomic E-state index is 11.7. The van der Waals surface area contributed by atoms with E-state index in [9.17, 15) is 9.59 Å². The third-order valence-corrected chi connectivity index (χ3v) is 3.12. The average molecular weight is 315 g/mol. The van der Waals surface area contributed by atoms with Gasteiger partial charge in [-0.1, -0.05) is 23.7 Å². The first kappa shape index (κ1) is 15.8. The van der Waals surface area contributed by atoms with Crippen LogP contribution in [0.2, 0.25) is 5.02 Å². The monoisotopic (exact) mass is 314 g/mol. The lowest BCUT2D eigenvalue weighted by molar-refractivity contribution is 0.101. The van der Waals surface area contributed by atoms with Gasteiger partial charge in [0.2, 0.25) is 0 Å². The number of nitrogens with one attached hydrogen (secondary N) is 2. The molecule has 0 bridgehead atoms. The predicted octanol–water partition coefficient (Wildman–Crippen LogP) is 4.34. The molecule has 0 atom stereocenters. The van der Waals surface area contributed by atoms with Crippen LogP contribution in [0.3, 0.4) is 0 Å². The molecule has 0 fully saturated rings. The van der Waals surface area contributed by atoms with Crippen molar-refractivity contribution in [1.82, 2.24) is 5.32 Å². The summed E-state index contributed by atoms with van der Waals surface area (Å²) in [6.07, 6.45) is 3.27. The van der Waals surface area contributed by atoms with Crippen LogP contribution in [-0.2, 0) is 0 Å². The molecule has 22 heavy (non-hydrogen) atoms. The number of carbonyl (C=O) groups excluding carboxylic acids is 2. The number of Topliss-reactive ketones (excluding diaryl/α,β-unsaturated/α-hetero) is 1. The minimum absolute atomic E-state index is 0.0135. The lowest BCUT2D eigenvalue weighted by Crippen LogP contribution is -2.23. The van der Waals surface area contributed by atoms with Crippen LogP contribution in [0, 0.1) is 0 Å². The molecule has 4 nitrogen and oxygen atoms in total. The highest BCUT2D eigenvalue weighted by atomic mass is 35.5. The standard InChI is InChI=1S/C17H15ClN2O2/c1-12(21)14-5-7-16(8-6-14)20-17(22)19-10-9-13-3-2-4-15(18)11-13/h2-11H,1H3,(H2,19,20,22)/b10-9+. The number of carbonyl (C=O) groups is 2. The van der Waals surface area contributed by atoms with Gasteiger partial charge in [-0.3, -0.25) is 4.79 Å². The molecule has 0 radical (unpaired) electrons. The Kier molecular flexibility index (Phi) is 5.33. The molecule has 2 amide bonds. The van der Waals surface area contributed by atoms with Crippen molar-refractivity contribution >= 4 is 35.2 Å². The van der Waals surface area contributed by atoms with E-state index in [2.05, 4.69) is 10.6 Å². The first-order valence-corrected chi connectivity index (χ1v) is 7.03. The van der Waals surface area contributed by atoms with E-state index in [1.165, 1.54) is 13.1 Å². The van der Waals surface area contributed by atoms with Crippen LogP contribution in [0.1, 0.15) is 22.8 Å². The van der Waals surface area contributed by atoms with Crippen molar-refractivity contribution in [3.8, 4) is 0 Å². The normalized spacial score (nSPS) is 10.5. The molecule has 2 N–H and O–H groups in total. The van der Waals surface area contributed by atoms with Gasteiger partial charge in [-0.2, -0.15) is 0 Å². The lowest BCUT2D eigenvalue weighted by atomic mass is 10.1. The number of hydrogen-bond donors (Lipinski definition) is 2. The number of halogens is 1. The second-order valence-corrected chi connectivity index (χ2v) is 5.06. The van der Waals surface area contributed by atoms with Crippen molar-refractivity contribution in [3.05, 3.63) is 70.9 Å². The largest absolute Gasteiger partial charge is 0.323 e. The minimum atomic E-state index is -0.367. The minimum Gasteiger partial charge on any atom is -0.314 e. The second kappa shape index (κ2) is 7.43. The van der Waals surface area contributed by atoms with Crippen molar-refractivity contribution < 1.29 is 9.59 Å².